The van der Waals surface area contributed by atoms with Crippen molar-refractivity contribution in [3.8, 4) is 27.4 Å². The number of hydrogen-bond acceptors (Lipinski definition) is 5. The monoisotopic (exact) mass is 300 g/mol. The lowest BCUT2D eigenvalue weighted by molar-refractivity contribution is 0.412. The lowest BCUT2D eigenvalue weighted by atomic mass is 10.0. The Balaban J connectivity index is 2.19. The van der Waals surface area contributed by atoms with E-state index in [1.165, 1.54) is 0 Å². The van der Waals surface area contributed by atoms with Gasteiger partial charge in [-0.3, -0.25) is 0 Å². The third kappa shape index (κ3) is 2.29. The molecule has 108 valence electrons. The van der Waals surface area contributed by atoms with Crippen LogP contribution in [-0.4, -0.2) is 12.3 Å². The number of rotatable bonds is 3. The molecule has 5 heteroatoms. The van der Waals surface area contributed by atoms with Gasteiger partial charge in [0.1, 0.15) is 11.4 Å². The minimum atomic E-state index is 0.323. The fraction of sp³-hybridized carbons (Fsp3) is 0.188. The van der Waals surface area contributed by atoms with Gasteiger partial charge in [-0.05, 0) is 48.1 Å². The molecular formula is C16H16N2O2S. The van der Waals surface area contributed by atoms with Gasteiger partial charge in [0.05, 0.1) is 17.6 Å². The number of aromatic nitrogens is 1. The molecule has 0 spiro atoms. The summed E-state index contributed by atoms with van der Waals surface area (Å²) in [4.78, 5) is 1.07. The fourth-order valence-corrected chi connectivity index (χ4v) is 3.24. The summed E-state index contributed by atoms with van der Waals surface area (Å²) in [5.41, 5.74) is 10.8. The number of methoxy groups -OCH3 is 1. The number of benzene rings is 1. The van der Waals surface area contributed by atoms with Crippen LogP contribution in [0.4, 0.5) is 5.88 Å². The summed E-state index contributed by atoms with van der Waals surface area (Å²) in [7, 11) is 1.66. The molecule has 2 heterocycles. The molecule has 0 unspecified atom stereocenters. The van der Waals surface area contributed by atoms with Crippen molar-refractivity contribution in [2.75, 3.05) is 12.8 Å². The molecule has 0 saturated heterocycles. The molecule has 0 saturated carbocycles. The Hall–Kier alpha value is -2.27. The standard InChI is InChI=1S/C16H16N2O2S/c1-9-4-5-11(8-12(9)19-3)13-14(18-20-16(13)17)15-10(2)6-7-21-15/h4-8H,17H2,1-3H3. The van der Waals surface area contributed by atoms with E-state index in [1.807, 2.05) is 30.5 Å². The van der Waals surface area contributed by atoms with Crippen LogP contribution in [0.1, 0.15) is 11.1 Å². The van der Waals surface area contributed by atoms with Crippen molar-refractivity contribution in [1.82, 2.24) is 5.16 Å². The Kier molecular flexibility index (Phi) is 3.43. The van der Waals surface area contributed by atoms with Gasteiger partial charge >= 0.3 is 0 Å². The first-order valence-electron chi connectivity index (χ1n) is 6.56. The van der Waals surface area contributed by atoms with Crippen molar-refractivity contribution in [2.24, 2.45) is 0 Å². The summed E-state index contributed by atoms with van der Waals surface area (Å²) in [5, 5.41) is 6.18. The molecule has 0 aliphatic carbocycles. The smallest absolute Gasteiger partial charge is 0.230 e. The maximum Gasteiger partial charge on any atom is 0.230 e. The van der Waals surface area contributed by atoms with Gasteiger partial charge in [0.15, 0.2) is 0 Å². The summed E-state index contributed by atoms with van der Waals surface area (Å²) in [6.07, 6.45) is 0. The van der Waals surface area contributed by atoms with Crippen LogP contribution in [0.5, 0.6) is 5.75 Å². The molecule has 0 atom stereocenters. The normalized spacial score (nSPS) is 10.8. The topological polar surface area (TPSA) is 61.3 Å². The Morgan fingerprint density at radius 3 is 2.67 bits per heavy atom. The van der Waals surface area contributed by atoms with E-state index in [-0.39, 0.29) is 0 Å². The lowest BCUT2D eigenvalue weighted by Gasteiger charge is -2.08. The minimum absolute atomic E-state index is 0.323. The first-order valence-corrected chi connectivity index (χ1v) is 7.44. The molecule has 21 heavy (non-hydrogen) atoms. The van der Waals surface area contributed by atoms with E-state index >= 15 is 0 Å². The van der Waals surface area contributed by atoms with Crippen molar-refractivity contribution < 1.29 is 9.26 Å². The summed E-state index contributed by atoms with van der Waals surface area (Å²) in [5.74, 6) is 1.14. The molecule has 3 rings (SSSR count). The Morgan fingerprint density at radius 1 is 1.19 bits per heavy atom. The maximum atomic E-state index is 5.99. The van der Waals surface area contributed by atoms with Crippen LogP contribution < -0.4 is 10.5 Å². The highest BCUT2D eigenvalue weighted by Crippen LogP contribution is 2.40. The molecule has 0 aliphatic heterocycles. The molecule has 4 nitrogen and oxygen atoms in total. The molecule has 0 bridgehead atoms. The molecule has 0 fully saturated rings. The number of nitrogen functional groups attached to an aromatic ring is 1. The molecule has 0 amide bonds. The molecular weight excluding hydrogens is 284 g/mol. The molecule has 0 aliphatic rings. The third-order valence-electron chi connectivity index (χ3n) is 3.49. The number of nitrogens with zero attached hydrogens (tertiary/aromatic N) is 1. The Labute approximate surface area is 127 Å². The summed E-state index contributed by atoms with van der Waals surface area (Å²) >= 11 is 1.63. The van der Waals surface area contributed by atoms with Crippen molar-refractivity contribution in [1.29, 1.82) is 0 Å². The highest BCUT2D eigenvalue weighted by Gasteiger charge is 2.20. The highest BCUT2D eigenvalue weighted by atomic mass is 32.1. The highest BCUT2D eigenvalue weighted by molar-refractivity contribution is 7.13. The molecule has 2 N–H and O–H groups in total. The second-order valence-corrected chi connectivity index (χ2v) is 5.80. The molecule has 1 aromatic carbocycles. The largest absolute Gasteiger partial charge is 0.496 e. The van der Waals surface area contributed by atoms with E-state index in [9.17, 15) is 0 Å². The summed E-state index contributed by atoms with van der Waals surface area (Å²) in [6.45, 7) is 4.06. The van der Waals surface area contributed by atoms with Crippen LogP contribution >= 0.6 is 11.3 Å². The van der Waals surface area contributed by atoms with Crippen LogP contribution in [0.3, 0.4) is 0 Å². The van der Waals surface area contributed by atoms with E-state index in [2.05, 4.69) is 18.1 Å². The van der Waals surface area contributed by atoms with E-state index in [0.717, 1.165) is 38.6 Å². The predicted octanol–water partition coefficient (Wildman–Crippen LogP) is 4.28. The average Bonchev–Trinajstić information content (AvgIpc) is 3.05. The van der Waals surface area contributed by atoms with Gasteiger partial charge in [0.2, 0.25) is 5.88 Å². The van der Waals surface area contributed by atoms with Crippen LogP contribution in [0.15, 0.2) is 34.2 Å². The second kappa shape index (κ2) is 5.26. The fourth-order valence-electron chi connectivity index (χ4n) is 2.33. The van der Waals surface area contributed by atoms with Crippen molar-refractivity contribution >= 4 is 17.2 Å². The second-order valence-electron chi connectivity index (χ2n) is 4.89. The van der Waals surface area contributed by atoms with Gasteiger partial charge in [0, 0.05) is 0 Å². The van der Waals surface area contributed by atoms with Gasteiger partial charge in [-0.25, -0.2) is 0 Å². The lowest BCUT2D eigenvalue weighted by Crippen LogP contribution is -1.91. The zero-order chi connectivity index (χ0) is 15.0. The van der Waals surface area contributed by atoms with Gasteiger partial charge in [0.25, 0.3) is 0 Å². The van der Waals surface area contributed by atoms with Gasteiger partial charge < -0.3 is 15.0 Å². The number of hydrogen-bond donors (Lipinski definition) is 1. The van der Waals surface area contributed by atoms with Gasteiger partial charge in [-0.15, -0.1) is 11.3 Å². The van der Waals surface area contributed by atoms with E-state index in [1.54, 1.807) is 18.4 Å². The predicted molar refractivity (Wildman–Crippen MR) is 85.7 cm³/mol. The van der Waals surface area contributed by atoms with E-state index in [4.69, 9.17) is 15.0 Å². The average molecular weight is 300 g/mol. The van der Waals surface area contributed by atoms with Gasteiger partial charge in [-0.1, -0.05) is 17.3 Å². The maximum absolute atomic E-state index is 5.99. The van der Waals surface area contributed by atoms with Crippen LogP contribution in [0.25, 0.3) is 21.7 Å². The molecule has 3 aromatic rings. The quantitative estimate of drug-likeness (QED) is 0.784. The van der Waals surface area contributed by atoms with Crippen LogP contribution in [0, 0.1) is 13.8 Å². The van der Waals surface area contributed by atoms with Crippen molar-refractivity contribution in [3.05, 3.63) is 40.8 Å². The summed E-state index contributed by atoms with van der Waals surface area (Å²) < 4.78 is 10.6. The van der Waals surface area contributed by atoms with Crippen molar-refractivity contribution in [3.63, 3.8) is 0 Å². The van der Waals surface area contributed by atoms with Gasteiger partial charge in [-0.2, -0.15) is 0 Å². The van der Waals surface area contributed by atoms with E-state index < -0.39 is 0 Å². The Bertz CT molecular complexity index is 789. The van der Waals surface area contributed by atoms with Crippen LogP contribution in [0.2, 0.25) is 0 Å². The SMILES string of the molecule is COc1cc(-c2c(-c3sccc3C)noc2N)ccc1C. The zero-order valence-corrected chi connectivity index (χ0v) is 13.0. The zero-order valence-electron chi connectivity index (χ0n) is 12.1. The number of anilines is 1. The molecule has 0 radical (unpaired) electrons. The minimum Gasteiger partial charge on any atom is -0.496 e. The number of ether oxygens (including phenoxy) is 1. The third-order valence-corrected chi connectivity index (χ3v) is 4.52. The molecule has 2 aromatic heterocycles. The summed E-state index contributed by atoms with van der Waals surface area (Å²) in [6, 6.07) is 8.04. The number of nitrogens with two attached hydrogens (primary N) is 1. The number of thiophene rings is 1. The van der Waals surface area contributed by atoms with E-state index in [0.29, 0.717) is 5.88 Å². The number of aryl methyl sites for hydroxylation is 2. The van der Waals surface area contributed by atoms with Crippen LogP contribution in [-0.2, 0) is 0 Å². The first-order chi connectivity index (χ1) is 10.1. The Morgan fingerprint density at radius 2 is 2.00 bits per heavy atom. The first kappa shape index (κ1) is 13.7. The van der Waals surface area contributed by atoms with Crippen molar-refractivity contribution in [2.45, 2.75) is 13.8 Å².